The zero-order valence-electron chi connectivity index (χ0n) is 11.4. The van der Waals surface area contributed by atoms with E-state index in [9.17, 15) is 4.79 Å². The zero-order valence-corrected chi connectivity index (χ0v) is 11.4. The topological polar surface area (TPSA) is 85.8 Å². The summed E-state index contributed by atoms with van der Waals surface area (Å²) in [4.78, 5) is 16.3. The van der Waals surface area contributed by atoms with Gasteiger partial charge >= 0.3 is 0 Å². The summed E-state index contributed by atoms with van der Waals surface area (Å²) < 4.78 is 1.69. The van der Waals surface area contributed by atoms with Crippen molar-refractivity contribution in [1.29, 1.82) is 0 Å². The molecule has 0 fully saturated rings. The van der Waals surface area contributed by atoms with Gasteiger partial charge in [0.25, 0.3) is 5.91 Å². The molecule has 0 atom stereocenters. The van der Waals surface area contributed by atoms with Gasteiger partial charge in [-0.2, -0.15) is 5.10 Å². The summed E-state index contributed by atoms with van der Waals surface area (Å²) in [6.07, 6.45) is 5.05. The van der Waals surface area contributed by atoms with Crippen molar-refractivity contribution in [3.05, 3.63) is 54.5 Å². The van der Waals surface area contributed by atoms with E-state index in [0.717, 1.165) is 10.9 Å². The highest BCUT2D eigenvalue weighted by atomic mass is 16.1. The highest BCUT2D eigenvalue weighted by molar-refractivity contribution is 5.97. The third kappa shape index (κ3) is 3.00. The summed E-state index contributed by atoms with van der Waals surface area (Å²) in [6, 6.07) is 9.25. The number of aromatic nitrogens is 3. The molecule has 0 spiro atoms. The molecule has 0 saturated carbocycles. The minimum atomic E-state index is -0.110. The lowest BCUT2D eigenvalue weighted by molar-refractivity contribution is 0.0952. The predicted molar refractivity (Wildman–Crippen MR) is 80.7 cm³/mol. The predicted octanol–water partition coefficient (Wildman–Crippen LogP) is 1.44. The largest absolute Gasteiger partial charge is 0.396 e. The summed E-state index contributed by atoms with van der Waals surface area (Å²) in [5, 5.41) is 7.87. The molecule has 2 aromatic heterocycles. The summed E-state index contributed by atoms with van der Waals surface area (Å²) in [6.45, 7) is 1.07. The molecule has 2 heterocycles. The maximum atomic E-state index is 12.1. The van der Waals surface area contributed by atoms with Crippen molar-refractivity contribution >= 4 is 22.5 Å². The molecule has 1 amide bonds. The fraction of sp³-hybridized carbons (Fsp3) is 0.133. The molecule has 0 aliphatic rings. The second-order valence-electron chi connectivity index (χ2n) is 4.70. The number of carbonyl (C=O) groups is 1. The Labute approximate surface area is 121 Å². The lowest BCUT2D eigenvalue weighted by atomic mass is 10.1. The van der Waals surface area contributed by atoms with Crippen LogP contribution in [-0.2, 0) is 6.54 Å². The minimum absolute atomic E-state index is 0.110. The van der Waals surface area contributed by atoms with Crippen LogP contribution in [0.2, 0.25) is 0 Å². The number of pyridine rings is 1. The summed E-state index contributed by atoms with van der Waals surface area (Å²) in [7, 11) is 0. The average molecular weight is 281 g/mol. The van der Waals surface area contributed by atoms with Crippen LogP contribution in [0, 0.1) is 0 Å². The average Bonchev–Trinajstić information content (AvgIpc) is 2.92. The Kier molecular flexibility index (Phi) is 3.51. The molecule has 106 valence electrons. The minimum Gasteiger partial charge on any atom is -0.396 e. The molecule has 6 nitrogen and oxygen atoms in total. The van der Waals surface area contributed by atoms with Gasteiger partial charge in [0.15, 0.2) is 0 Å². The molecule has 0 saturated heterocycles. The van der Waals surface area contributed by atoms with Crippen molar-refractivity contribution in [3.63, 3.8) is 0 Å². The number of hydrogen-bond donors (Lipinski definition) is 2. The molecular weight excluding hydrogens is 266 g/mol. The molecule has 3 rings (SSSR count). The molecule has 0 bridgehead atoms. The fourth-order valence-corrected chi connectivity index (χ4v) is 2.10. The number of nitrogens with two attached hydrogens (primary N) is 1. The maximum Gasteiger partial charge on any atom is 0.251 e. The highest BCUT2D eigenvalue weighted by Gasteiger charge is 2.06. The van der Waals surface area contributed by atoms with Gasteiger partial charge in [-0.1, -0.05) is 6.07 Å². The molecule has 1 aromatic carbocycles. The van der Waals surface area contributed by atoms with Crippen LogP contribution < -0.4 is 11.1 Å². The fourth-order valence-electron chi connectivity index (χ4n) is 2.10. The monoisotopic (exact) mass is 281 g/mol. The van der Waals surface area contributed by atoms with Crippen LogP contribution in [0.4, 0.5) is 5.69 Å². The molecular formula is C15H15N5O. The van der Waals surface area contributed by atoms with Gasteiger partial charge in [-0.25, -0.2) is 0 Å². The van der Waals surface area contributed by atoms with Gasteiger partial charge in [0, 0.05) is 29.9 Å². The van der Waals surface area contributed by atoms with E-state index in [0.29, 0.717) is 24.3 Å². The van der Waals surface area contributed by atoms with Crippen LogP contribution in [0.15, 0.2) is 48.9 Å². The van der Waals surface area contributed by atoms with Gasteiger partial charge in [0.05, 0.1) is 23.9 Å². The van der Waals surface area contributed by atoms with E-state index in [-0.39, 0.29) is 5.91 Å². The number of nitrogen functional groups attached to an aromatic ring is 1. The van der Waals surface area contributed by atoms with E-state index in [2.05, 4.69) is 15.4 Å². The first-order valence-corrected chi connectivity index (χ1v) is 6.63. The number of nitrogens with zero attached hydrogens (tertiary/aromatic N) is 3. The van der Waals surface area contributed by atoms with Crippen LogP contribution in [0.1, 0.15) is 10.4 Å². The molecule has 0 aliphatic carbocycles. The van der Waals surface area contributed by atoms with E-state index >= 15 is 0 Å². The van der Waals surface area contributed by atoms with Crippen LogP contribution >= 0.6 is 0 Å². The molecule has 0 aliphatic heterocycles. The van der Waals surface area contributed by atoms with E-state index in [1.54, 1.807) is 29.3 Å². The van der Waals surface area contributed by atoms with Gasteiger partial charge in [0.2, 0.25) is 0 Å². The van der Waals surface area contributed by atoms with Crippen LogP contribution in [0.3, 0.4) is 0 Å². The molecule has 3 aromatic rings. The first kappa shape index (κ1) is 13.1. The number of rotatable bonds is 4. The van der Waals surface area contributed by atoms with Crippen LogP contribution in [-0.4, -0.2) is 27.2 Å². The number of nitrogens with one attached hydrogen (secondary N) is 1. The first-order chi connectivity index (χ1) is 10.2. The van der Waals surface area contributed by atoms with Crippen LogP contribution in [0.5, 0.6) is 0 Å². The van der Waals surface area contributed by atoms with Gasteiger partial charge in [0.1, 0.15) is 0 Å². The summed E-state index contributed by atoms with van der Waals surface area (Å²) >= 11 is 0. The van der Waals surface area contributed by atoms with Gasteiger partial charge in [-0.15, -0.1) is 0 Å². The van der Waals surface area contributed by atoms with Gasteiger partial charge < -0.3 is 11.1 Å². The first-order valence-electron chi connectivity index (χ1n) is 6.63. The summed E-state index contributed by atoms with van der Waals surface area (Å²) in [5.41, 5.74) is 7.69. The third-order valence-corrected chi connectivity index (χ3v) is 3.14. The second kappa shape index (κ2) is 5.62. The van der Waals surface area contributed by atoms with Gasteiger partial charge in [-0.05, 0) is 24.3 Å². The second-order valence-corrected chi connectivity index (χ2v) is 4.70. The lowest BCUT2D eigenvalue weighted by Gasteiger charge is -2.06. The van der Waals surface area contributed by atoms with E-state index in [1.807, 2.05) is 24.3 Å². The molecule has 0 unspecified atom stereocenters. The maximum absolute atomic E-state index is 12.1. The Hall–Kier alpha value is -2.89. The SMILES string of the molecule is Nc1cnn(CCNC(=O)c2ccc3ncccc3c2)c1. The Morgan fingerprint density at radius 3 is 3.05 bits per heavy atom. The summed E-state index contributed by atoms with van der Waals surface area (Å²) in [5.74, 6) is -0.110. The number of benzene rings is 1. The zero-order chi connectivity index (χ0) is 14.7. The standard InChI is InChI=1S/C15H15N5O/c16-13-9-19-20(10-13)7-6-18-15(21)12-3-4-14-11(8-12)2-1-5-17-14/h1-5,8-10H,6-7,16H2,(H,18,21). The third-order valence-electron chi connectivity index (χ3n) is 3.14. The molecule has 3 N–H and O–H groups in total. The van der Waals surface area contributed by atoms with E-state index in [1.165, 1.54) is 0 Å². The number of fused-ring (bicyclic) bond motifs is 1. The van der Waals surface area contributed by atoms with Crippen molar-refractivity contribution in [1.82, 2.24) is 20.1 Å². The molecule has 0 radical (unpaired) electrons. The molecule has 21 heavy (non-hydrogen) atoms. The number of amides is 1. The Morgan fingerprint density at radius 1 is 1.33 bits per heavy atom. The van der Waals surface area contributed by atoms with Gasteiger partial charge in [-0.3, -0.25) is 14.5 Å². The van der Waals surface area contributed by atoms with Crippen molar-refractivity contribution in [2.45, 2.75) is 6.54 Å². The number of hydrogen-bond acceptors (Lipinski definition) is 4. The Balaban J connectivity index is 1.63. The van der Waals surface area contributed by atoms with Crippen molar-refractivity contribution in [2.75, 3.05) is 12.3 Å². The number of anilines is 1. The smallest absolute Gasteiger partial charge is 0.251 e. The number of carbonyl (C=O) groups excluding carboxylic acids is 1. The molecule has 6 heteroatoms. The van der Waals surface area contributed by atoms with Crippen LogP contribution in [0.25, 0.3) is 10.9 Å². The van der Waals surface area contributed by atoms with Crippen molar-refractivity contribution in [2.24, 2.45) is 0 Å². The highest BCUT2D eigenvalue weighted by Crippen LogP contribution is 2.13. The van der Waals surface area contributed by atoms with Crippen molar-refractivity contribution in [3.8, 4) is 0 Å². The van der Waals surface area contributed by atoms with Crippen molar-refractivity contribution < 1.29 is 4.79 Å². The lowest BCUT2D eigenvalue weighted by Crippen LogP contribution is -2.27. The Bertz CT molecular complexity index is 780. The normalized spacial score (nSPS) is 10.7. The quantitative estimate of drug-likeness (QED) is 0.757. The Morgan fingerprint density at radius 2 is 2.24 bits per heavy atom. The van der Waals surface area contributed by atoms with E-state index < -0.39 is 0 Å². The van der Waals surface area contributed by atoms with E-state index in [4.69, 9.17) is 5.73 Å².